The summed E-state index contributed by atoms with van der Waals surface area (Å²) in [5, 5.41) is 1.46. The molecule has 2 aromatic carbocycles. The smallest absolute Gasteiger partial charge is 0.00300 e. The molecule has 0 nitrogen and oxygen atoms in total. The molecule has 0 aliphatic rings. The Morgan fingerprint density at radius 2 is 1.47 bits per heavy atom. The minimum absolute atomic E-state index is 0.150. The van der Waals surface area contributed by atoms with Crippen LogP contribution in [0.2, 0.25) is 0 Å². The Bertz CT molecular complexity index is 447. The van der Waals surface area contributed by atoms with E-state index in [0.717, 1.165) is 12.3 Å². The molecule has 0 bridgehead atoms. The highest BCUT2D eigenvalue weighted by Crippen LogP contribution is 2.38. The summed E-state index contributed by atoms with van der Waals surface area (Å²) in [6, 6.07) is 21.5. The second-order valence-electron chi connectivity index (χ2n) is 3.99. The monoisotopic (exact) mass is 240 g/mol. The molecule has 0 amide bonds. The summed E-state index contributed by atoms with van der Waals surface area (Å²) in [7, 11) is -0.150. The lowest BCUT2D eigenvalue weighted by Crippen LogP contribution is -2.03. The fourth-order valence-corrected chi connectivity index (χ4v) is 3.94. The third-order valence-corrected chi connectivity index (χ3v) is 5.16. The molecule has 0 aliphatic carbocycles. The van der Waals surface area contributed by atoms with Gasteiger partial charge in [-0.2, -0.15) is 0 Å². The molecule has 0 heterocycles. The molecule has 86 valence electrons. The molecule has 0 saturated heterocycles. The van der Waals surface area contributed by atoms with Gasteiger partial charge in [0.15, 0.2) is 0 Å². The Balaban J connectivity index is 2.16. The molecule has 0 fully saturated rings. The van der Waals surface area contributed by atoms with Crippen LogP contribution >= 0.6 is 7.92 Å². The van der Waals surface area contributed by atoms with Gasteiger partial charge in [0.2, 0.25) is 0 Å². The van der Waals surface area contributed by atoms with E-state index in [0.29, 0.717) is 0 Å². The zero-order valence-electron chi connectivity index (χ0n) is 9.92. The van der Waals surface area contributed by atoms with Crippen LogP contribution in [0.1, 0.15) is 5.56 Å². The van der Waals surface area contributed by atoms with E-state index in [4.69, 9.17) is 0 Å². The van der Waals surface area contributed by atoms with Crippen molar-refractivity contribution >= 4 is 13.2 Å². The van der Waals surface area contributed by atoms with Crippen molar-refractivity contribution in [2.75, 3.05) is 6.16 Å². The van der Waals surface area contributed by atoms with Crippen LogP contribution in [-0.2, 0) is 6.16 Å². The van der Waals surface area contributed by atoms with Gasteiger partial charge in [-0.3, -0.25) is 0 Å². The molecule has 0 aliphatic heterocycles. The maximum absolute atomic E-state index is 3.88. The van der Waals surface area contributed by atoms with Gasteiger partial charge in [-0.1, -0.05) is 74.7 Å². The summed E-state index contributed by atoms with van der Waals surface area (Å²) in [5.41, 5.74) is 1.42. The first-order valence-corrected chi connectivity index (χ1v) is 7.56. The SMILES string of the molecule is C=CCP(Cc1ccccc1)c1ccccc1. The summed E-state index contributed by atoms with van der Waals surface area (Å²) in [6.45, 7) is 3.88. The van der Waals surface area contributed by atoms with Crippen molar-refractivity contribution in [2.24, 2.45) is 0 Å². The molecule has 1 atom stereocenters. The van der Waals surface area contributed by atoms with E-state index in [-0.39, 0.29) is 7.92 Å². The van der Waals surface area contributed by atoms with Crippen molar-refractivity contribution in [3.8, 4) is 0 Å². The van der Waals surface area contributed by atoms with E-state index in [9.17, 15) is 0 Å². The third-order valence-electron chi connectivity index (χ3n) is 2.69. The number of benzene rings is 2. The Morgan fingerprint density at radius 1 is 0.882 bits per heavy atom. The highest BCUT2D eigenvalue weighted by molar-refractivity contribution is 7.65. The van der Waals surface area contributed by atoms with Gasteiger partial charge in [0.05, 0.1) is 0 Å². The summed E-state index contributed by atoms with van der Waals surface area (Å²) in [4.78, 5) is 0. The standard InChI is InChI=1S/C16H17P/c1-2-13-17(16-11-7-4-8-12-16)14-15-9-5-3-6-10-15/h2-12H,1,13-14H2. The lowest BCUT2D eigenvalue weighted by atomic mass is 10.2. The average Bonchev–Trinajstić information content (AvgIpc) is 2.40. The predicted octanol–water partition coefficient (Wildman–Crippen LogP) is 4.18. The van der Waals surface area contributed by atoms with E-state index in [1.165, 1.54) is 10.9 Å². The van der Waals surface area contributed by atoms with Crippen LogP contribution in [0.4, 0.5) is 0 Å². The molecule has 0 radical (unpaired) electrons. The highest BCUT2D eigenvalue weighted by Gasteiger charge is 2.09. The Morgan fingerprint density at radius 3 is 2.06 bits per heavy atom. The van der Waals surface area contributed by atoms with E-state index in [2.05, 4.69) is 67.2 Å². The average molecular weight is 240 g/mol. The third kappa shape index (κ3) is 3.54. The Kier molecular flexibility index (Phi) is 4.53. The molecular formula is C16H17P. The maximum Gasteiger partial charge on any atom is -0.00300 e. The van der Waals surface area contributed by atoms with Crippen LogP contribution in [0.5, 0.6) is 0 Å². The van der Waals surface area contributed by atoms with Crippen molar-refractivity contribution in [2.45, 2.75) is 6.16 Å². The quantitative estimate of drug-likeness (QED) is 0.543. The van der Waals surface area contributed by atoms with Crippen LogP contribution in [-0.4, -0.2) is 6.16 Å². The van der Waals surface area contributed by atoms with Crippen molar-refractivity contribution in [3.63, 3.8) is 0 Å². The van der Waals surface area contributed by atoms with Crippen LogP contribution in [0.3, 0.4) is 0 Å². The normalized spacial score (nSPS) is 12.0. The highest BCUT2D eigenvalue weighted by atomic mass is 31.1. The number of hydrogen-bond donors (Lipinski definition) is 0. The number of allylic oxidation sites excluding steroid dienone is 1. The minimum atomic E-state index is -0.150. The zero-order valence-corrected chi connectivity index (χ0v) is 10.8. The number of hydrogen-bond acceptors (Lipinski definition) is 0. The molecule has 17 heavy (non-hydrogen) atoms. The first kappa shape index (κ1) is 12.1. The van der Waals surface area contributed by atoms with Crippen molar-refractivity contribution in [1.29, 1.82) is 0 Å². The predicted molar refractivity (Wildman–Crippen MR) is 78.2 cm³/mol. The Hall–Kier alpha value is -1.39. The summed E-state index contributed by atoms with van der Waals surface area (Å²) < 4.78 is 0. The van der Waals surface area contributed by atoms with Gasteiger partial charge in [-0.25, -0.2) is 0 Å². The zero-order chi connectivity index (χ0) is 11.9. The van der Waals surface area contributed by atoms with Gasteiger partial charge in [0.1, 0.15) is 0 Å². The molecule has 0 N–H and O–H groups in total. The molecule has 1 unspecified atom stereocenters. The van der Waals surface area contributed by atoms with Gasteiger partial charge >= 0.3 is 0 Å². The molecule has 2 aromatic rings. The van der Waals surface area contributed by atoms with Gasteiger partial charge < -0.3 is 0 Å². The lowest BCUT2D eigenvalue weighted by Gasteiger charge is -2.16. The minimum Gasteiger partial charge on any atom is -0.103 e. The molecule has 0 spiro atoms. The Labute approximate surface area is 105 Å². The van der Waals surface area contributed by atoms with E-state index in [1.807, 2.05) is 6.08 Å². The van der Waals surface area contributed by atoms with E-state index in [1.54, 1.807) is 0 Å². The fourth-order valence-electron chi connectivity index (χ4n) is 1.86. The molecular weight excluding hydrogens is 223 g/mol. The topological polar surface area (TPSA) is 0 Å². The van der Waals surface area contributed by atoms with Crippen molar-refractivity contribution < 1.29 is 0 Å². The maximum atomic E-state index is 3.88. The molecule has 0 aromatic heterocycles. The van der Waals surface area contributed by atoms with Crippen LogP contribution in [0, 0.1) is 0 Å². The largest absolute Gasteiger partial charge is 0.103 e. The second kappa shape index (κ2) is 6.37. The number of rotatable bonds is 5. The van der Waals surface area contributed by atoms with Gasteiger partial charge in [0.25, 0.3) is 0 Å². The van der Waals surface area contributed by atoms with Gasteiger partial charge in [-0.15, -0.1) is 6.58 Å². The lowest BCUT2D eigenvalue weighted by molar-refractivity contribution is 1.39. The van der Waals surface area contributed by atoms with Gasteiger partial charge in [-0.05, 0) is 23.2 Å². The van der Waals surface area contributed by atoms with Crippen LogP contribution < -0.4 is 5.30 Å². The first-order valence-electron chi connectivity index (χ1n) is 5.85. The van der Waals surface area contributed by atoms with Crippen LogP contribution in [0.15, 0.2) is 73.3 Å². The van der Waals surface area contributed by atoms with Crippen molar-refractivity contribution in [3.05, 3.63) is 78.9 Å². The van der Waals surface area contributed by atoms with E-state index < -0.39 is 0 Å². The van der Waals surface area contributed by atoms with Crippen molar-refractivity contribution in [1.82, 2.24) is 0 Å². The molecule has 1 heteroatoms. The first-order chi connectivity index (χ1) is 8.40. The fraction of sp³-hybridized carbons (Fsp3) is 0.125. The molecule has 2 rings (SSSR count). The summed E-state index contributed by atoms with van der Waals surface area (Å²) in [5.74, 6) is 0. The summed E-state index contributed by atoms with van der Waals surface area (Å²) >= 11 is 0. The van der Waals surface area contributed by atoms with Crippen LogP contribution in [0.25, 0.3) is 0 Å². The van der Waals surface area contributed by atoms with E-state index >= 15 is 0 Å². The second-order valence-corrected chi connectivity index (χ2v) is 6.27. The molecule has 0 saturated carbocycles. The summed E-state index contributed by atoms with van der Waals surface area (Å²) in [6.07, 6.45) is 4.28. The van der Waals surface area contributed by atoms with Gasteiger partial charge in [0, 0.05) is 0 Å².